The lowest BCUT2D eigenvalue weighted by Gasteiger charge is -2.42. The summed E-state index contributed by atoms with van der Waals surface area (Å²) < 4.78 is 40.7. The van der Waals surface area contributed by atoms with Crippen molar-refractivity contribution in [3.63, 3.8) is 0 Å². The summed E-state index contributed by atoms with van der Waals surface area (Å²) in [6, 6.07) is 1.06. The van der Waals surface area contributed by atoms with Crippen molar-refractivity contribution < 1.29 is 22.8 Å². The number of carbonyl (C=O) groups excluding carboxylic acids is 2. The molecule has 30 heavy (non-hydrogen) atoms. The van der Waals surface area contributed by atoms with E-state index in [9.17, 15) is 22.8 Å². The summed E-state index contributed by atoms with van der Waals surface area (Å²) in [5.41, 5.74) is 5.53. The van der Waals surface area contributed by atoms with Crippen LogP contribution >= 0.6 is 0 Å². The Hall–Kier alpha value is -2.09. The predicted molar refractivity (Wildman–Crippen MR) is 105 cm³/mol. The Morgan fingerprint density at radius 2 is 1.67 bits per heavy atom. The van der Waals surface area contributed by atoms with Crippen molar-refractivity contribution >= 4 is 11.8 Å². The first-order valence-corrected chi connectivity index (χ1v) is 10.6. The van der Waals surface area contributed by atoms with Crippen LogP contribution in [0.5, 0.6) is 0 Å². The fraction of sp³-hybridized carbons (Fsp3) is 0.636. The second-order valence-corrected chi connectivity index (χ2v) is 9.34. The van der Waals surface area contributed by atoms with Crippen molar-refractivity contribution in [1.82, 2.24) is 9.80 Å². The van der Waals surface area contributed by atoms with Crippen LogP contribution in [0.15, 0.2) is 12.1 Å². The average molecular weight is 423 g/mol. The van der Waals surface area contributed by atoms with Crippen molar-refractivity contribution in [3.05, 3.63) is 35.1 Å². The highest BCUT2D eigenvalue weighted by Crippen LogP contribution is 2.52. The van der Waals surface area contributed by atoms with E-state index in [1.165, 1.54) is 4.90 Å². The van der Waals surface area contributed by atoms with E-state index in [-0.39, 0.29) is 41.8 Å². The van der Waals surface area contributed by atoms with E-state index in [2.05, 4.69) is 0 Å². The molecule has 2 N–H and O–H groups in total. The summed E-state index contributed by atoms with van der Waals surface area (Å²) in [6.07, 6.45) is 4.40. The Kier molecular flexibility index (Phi) is 5.33. The lowest BCUT2D eigenvalue weighted by Crippen LogP contribution is -2.54. The number of benzene rings is 1. The molecular formula is C22H28F3N3O2. The van der Waals surface area contributed by atoms with Gasteiger partial charge in [0.05, 0.1) is 0 Å². The van der Waals surface area contributed by atoms with Gasteiger partial charge in [-0.15, -0.1) is 0 Å². The standard InChI is InChI=1S/C22H28F3N3O2/c1-27(2)20(29)22(5-6-22)21(30)28-14-3-4-15(28)8-13(7-14)19(26)10-12-9-17(24)18(25)11-16(12)23/h9,11,13-15,19H,3-8,10,26H2,1-2H3/t13-,14-,15+,19-/m1/s1. The van der Waals surface area contributed by atoms with Crippen LogP contribution < -0.4 is 5.73 Å². The van der Waals surface area contributed by atoms with Gasteiger partial charge in [-0.25, -0.2) is 13.2 Å². The first kappa shape index (κ1) is 21.2. The summed E-state index contributed by atoms with van der Waals surface area (Å²) in [5.74, 6) is -3.22. The first-order chi connectivity index (χ1) is 14.1. The van der Waals surface area contributed by atoms with Crippen molar-refractivity contribution in [1.29, 1.82) is 0 Å². The summed E-state index contributed by atoms with van der Waals surface area (Å²) >= 11 is 0. The highest BCUT2D eigenvalue weighted by atomic mass is 19.2. The molecule has 2 amide bonds. The summed E-state index contributed by atoms with van der Waals surface area (Å²) in [6.45, 7) is 0. The van der Waals surface area contributed by atoms with Gasteiger partial charge >= 0.3 is 0 Å². The van der Waals surface area contributed by atoms with Gasteiger partial charge in [0.2, 0.25) is 11.8 Å². The van der Waals surface area contributed by atoms with Crippen LogP contribution in [0.2, 0.25) is 0 Å². The normalized spacial score (nSPS) is 27.7. The number of nitrogens with zero attached hydrogens (tertiary/aromatic N) is 2. The average Bonchev–Trinajstić information content (AvgIpc) is 3.46. The highest BCUT2D eigenvalue weighted by molar-refractivity contribution is 6.08. The smallest absolute Gasteiger partial charge is 0.238 e. The number of fused-ring (bicyclic) bond motifs is 2. The molecule has 164 valence electrons. The molecule has 1 aromatic rings. The second-order valence-electron chi connectivity index (χ2n) is 9.34. The number of hydrogen-bond donors (Lipinski definition) is 1. The van der Waals surface area contributed by atoms with Gasteiger partial charge in [-0.2, -0.15) is 0 Å². The quantitative estimate of drug-likeness (QED) is 0.585. The maximum atomic E-state index is 14.0. The monoisotopic (exact) mass is 423 g/mol. The number of nitrogens with two attached hydrogens (primary N) is 1. The minimum absolute atomic E-state index is 0.0227. The molecule has 0 unspecified atom stereocenters. The van der Waals surface area contributed by atoms with E-state index in [1.54, 1.807) is 14.1 Å². The van der Waals surface area contributed by atoms with Gasteiger partial charge in [0.1, 0.15) is 11.2 Å². The Bertz CT molecular complexity index is 857. The minimum Gasteiger partial charge on any atom is -0.348 e. The van der Waals surface area contributed by atoms with E-state index in [4.69, 9.17) is 5.73 Å². The van der Waals surface area contributed by atoms with Crippen LogP contribution in [-0.2, 0) is 16.0 Å². The van der Waals surface area contributed by atoms with Crippen molar-refractivity contribution in [3.8, 4) is 0 Å². The predicted octanol–water partition coefficient (Wildman–Crippen LogP) is 2.61. The zero-order valence-electron chi connectivity index (χ0n) is 17.3. The molecule has 4 atom stereocenters. The maximum Gasteiger partial charge on any atom is 0.238 e. The molecule has 1 saturated carbocycles. The zero-order valence-corrected chi connectivity index (χ0v) is 17.3. The molecule has 1 aromatic carbocycles. The molecule has 4 rings (SSSR count). The molecule has 0 spiro atoms. The largest absolute Gasteiger partial charge is 0.348 e. The van der Waals surface area contributed by atoms with Gasteiger partial charge in [-0.3, -0.25) is 9.59 Å². The Balaban J connectivity index is 1.45. The molecule has 0 aromatic heterocycles. The van der Waals surface area contributed by atoms with Crippen LogP contribution in [0.25, 0.3) is 0 Å². The van der Waals surface area contributed by atoms with E-state index in [0.29, 0.717) is 31.7 Å². The number of rotatable bonds is 5. The van der Waals surface area contributed by atoms with Crippen molar-refractivity contribution in [2.24, 2.45) is 17.1 Å². The third-order valence-electron chi connectivity index (χ3n) is 7.13. The van der Waals surface area contributed by atoms with Crippen LogP contribution in [0.4, 0.5) is 13.2 Å². The lowest BCUT2D eigenvalue weighted by molar-refractivity contribution is -0.151. The molecule has 2 aliphatic heterocycles. The molecule has 5 nitrogen and oxygen atoms in total. The number of piperidine rings is 1. The van der Waals surface area contributed by atoms with Gasteiger partial charge < -0.3 is 15.5 Å². The molecule has 2 heterocycles. The van der Waals surface area contributed by atoms with E-state index < -0.39 is 28.9 Å². The number of amides is 2. The molecule has 8 heteroatoms. The van der Waals surface area contributed by atoms with E-state index >= 15 is 0 Å². The third kappa shape index (κ3) is 3.49. The third-order valence-corrected chi connectivity index (χ3v) is 7.13. The van der Waals surface area contributed by atoms with Crippen LogP contribution in [-0.4, -0.2) is 53.8 Å². The zero-order chi connectivity index (χ0) is 21.8. The molecule has 1 aliphatic carbocycles. The van der Waals surface area contributed by atoms with E-state index in [0.717, 1.165) is 18.9 Å². The summed E-state index contributed by atoms with van der Waals surface area (Å²) in [7, 11) is 3.35. The van der Waals surface area contributed by atoms with Crippen molar-refractivity contribution in [2.75, 3.05) is 14.1 Å². The maximum absolute atomic E-state index is 14.0. The van der Waals surface area contributed by atoms with E-state index in [1.807, 2.05) is 4.90 Å². The molecule has 3 fully saturated rings. The topological polar surface area (TPSA) is 66.6 Å². The van der Waals surface area contributed by atoms with Crippen LogP contribution in [0.3, 0.4) is 0 Å². The minimum atomic E-state index is -1.21. The summed E-state index contributed by atoms with van der Waals surface area (Å²) in [4.78, 5) is 29.3. The van der Waals surface area contributed by atoms with Crippen molar-refractivity contribution in [2.45, 2.75) is 63.1 Å². The molecular weight excluding hydrogens is 395 g/mol. The molecule has 0 radical (unpaired) electrons. The fourth-order valence-electron chi connectivity index (χ4n) is 5.36. The number of hydrogen-bond acceptors (Lipinski definition) is 3. The van der Waals surface area contributed by atoms with Crippen LogP contribution in [0.1, 0.15) is 44.1 Å². The molecule has 2 bridgehead atoms. The molecule has 2 saturated heterocycles. The summed E-state index contributed by atoms with van der Waals surface area (Å²) in [5, 5.41) is 0. The second kappa shape index (κ2) is 7.55. The first-order valence-electron chi connectivity index (χ1n) is 10.6. The Labute approximate surface area is 174 Å². The van der Waals surface area contributed by atoms with Gasteiger partial charge in [0.25, 0.3) is 0 Å². The Morgan fingerprint density at radius 1 is 1.10 bits per heavy atom. The van der Waals surface area contributed by atoms with Gasteiger partial charge in [-0.1, -0.05) is 0 Å². The van der Waals surface area contributed by atoms with Crippen LogP contribution in [0, 0.1) is 28.8 Å². The Morgan fingerprint density at radius 3 is 2.20 bits per heavy atom. The fourth-order valence-corrected chi connectivity index (χ4v) is 5.36. The number of halogens is 3. The SMILES string of the molecule is CN(C)C(=O)C1(C(=O)N2[C@@H]3CC[C@H]2C[C@H]([C@H](N)Cc2cc(F)c(F)cc2F)C3)CC1. The molecule has 3 aliphatic rings. The van der Waals surface area contributed by atoms with Gasteiger partial charge in [-0.05, 0) is 62.5 Å². The van der Waals surface area contributed by atoms with Gasteiger partial charge in [0, 0.05) is 38.3 Å². The van der Waals surface area contributed by atoms with Gasteiger partial charge in [0.15, 0.2) is 11.6 Å². The lowest BCUT2D eigenvalue weighted by atomic mass is 9.82. The highest BCUT2D eigenvalue weighted by Gasteiger charge is 2.61. The number of carbonyl (C=O) groups is 2.